The lowest BCUT2D eigenvalue weighted by Gasteiger charge is -2.59. The molecule has 4 rings (SSSR count). The number of aryl methyl sites for hydroxylation is 1. The summed E-state index contributed by atoms with van der Waals surface area (Å²) >= 11 is 0. The smallest absolute Gasteiger partial charge is 0.115 e. The van der Waals surface area contributed by atoms with Crippen LogP contribution in [-0.4, -0.2) is 17.7 Å². The maximum Gasteiger partial charge on any atom is 0.115 e. The van der Waals surface area contributed by atoms with Gasteiger partial charge >= 0.3 is 0 Å². The number of phenols is 1. The number of benzene rings is 1. The summed E-state index contributed by atoms with van der Waals surface area (Å²) in [6, 6.07) is 6.57. The summed E-state index contributed by atoms with van der Waals surface area (Å²) in [7, 11) is 0. The van der Waals surface area contributed by atoms with Gasteiger partial charge in [0.25, 0.3) is 0 Å². The summed E-state index contributed by atoms with van der Waals surface area (Å²) in [6.45, 7) is 12.0. The van der Waals surface area contributed by atoms with Gasteiger partial charge in [-0.25, -0.2) is 0 Å². The van der Waals surface area contributed by atoms with E-state index in [2.05, 4.69) is 38.7 Å². The van der Waals surface area contributed by atoms with Gasteiger partial charge in [-0.05, 0) is 68.7 Å². The monoisotopic (exact) mass is 323 g/mol. The molecular formula is C22H29NO. The lowest BCUT2D eigenvalue weighted by Crippen LogP contribution is -2.61. The minimum absolute atomic E-state index is 0.144. The van der Waals surface area contributed by atoms with Crippen LogP contribution in [-0.2, 0) is 11.8 Å². The van der Waals surface area contributed by atoms with Crippen molar-refractivity contribution in [1.82, 2.24) is 5.32 Å². The van der Waals surface area contributed by atoms with E-state index in [9.17, 15) is 5.11 Å². The van der Waals surface area contributed by atoms with Gasteiger partial charge in [0, 0.05) is 23.4 Å². The van der Waals surface area contributed by atoms with Crippen LogP contribution in [0.1, 0.15) is 51.2 Å². The molecule has 2 N–H and O–H groups in total. The van der Waals surface area contributed by atoms with E-state index >= 15 is 0 Å². The molecule has 1 aromatic carbocycles. The van der Waals surface area contributed by atoms with Crippen LogP contribution in [0.3, 0.4) is 0 Å². The largest absolute Gasteiger partial charge is 0.508 e. The fourth-order valence-electron chi connectivity index (χ4n) is 6.44. The predicted octanol–water partition coefficient (Wildman–Crippen LogP) is 4.49. The second-order valence-corrected chi connectivity index (χ2v) is 8.27. The molecule has 0 radical (unpaired) electrons. The first-order valence-corrected chi connectivity index (χ1v) is 9.30. The van der Waals surface area contributed by atoms with Gasteiger partial charge in [-0.3, -0.25) is 0 Å². The number of fused-ring (bicyclic) bond motifs is 3. The quantitative estimate of drug-likeness (QED) is 0.804. The van der Waals surface area contributed by atoms with Gasteiger partial charge in [0.1, 0.15) is 5.75 Å². The molecule has 3 aliphatic carbocycles. The van der Waals surface area contributed by atoms with E-state index in [4.69, 9.17) is 0 Å². The highest BCUT2D eigenvalue weighted by molar-refractivity contribution is 5.51. The second kappa shape index (κ2) is 5.23. The average Bonchev–Trinajstić information content (AvgIpc) is 2.72. The average molecular weight is 323 g/mol. The van der Waals surface area contributed by atoms with Crippen LogP contribution in [0.15, 0.2) is 42.0 Å². The molecule has 0 heterocycles. The molecule has 1 spiro atoms. The maximum atomic E-state index is 9.93. The number of nitrogens with one attached hydrogen (secondary N) is 1. The zero-order valence-corrected chi connectivity index (χ0v) is 15.2. The number of phenolic OH excluding ortho intramolecular Hbond substituents is 1. The third-order valence-corrected chi connectivity index (χ3v) is 7.64. The van der Waals surface area contributed by atoms with E-state index in [1.54, 1.807) is 11.1 Å². The van der Waals surface area contributed by atoms with Crippen molar-refractivity contribution in [2.45, 2.75) is 57.9 Å². The molecule has 0 aromatic heterocycles. The first kappa shape index (κ1) is 16.0. The Morgan fingerprint density at radius 1 is 1.33 bits per heavy atom. The number of rotatable bonds is 3. The minimum atomic E-state index is 0.144. The van der Waals surface area contributed by atoms with Crippen LogP contribution >= 0.6 is 0 Å². The lowest BCUT2D eigenvalue weighted by molar-refractivity contribution is 0.0404. The molecule has 128 valence electrons. The fraction of sp³-hybridized carbons (Fsp3) is 0.545. The van der Waals surface area contributed by atoms with E-state index < -0.39 is 0 Å². The third kappa shape index (κ3) is 1.75. The Bertz CT molecular complexity index is 733. The summed E-state index contributed by atoms with van der Waals surface area (Å²) in [4.78, 5) is 0. The molecule has 3 aliphatic rings. The van der Waals surface area contributed by atoms with Crippen molar-refractivity contribution in [1.29, 1.82) is 0 Å². The van der Waals surface area contributed by atoms with E-state index in [0.717, 1.165) is 13.0 Å². The second-order valence-electron chi connectivity index (χ2n) is 8.27. The standard InChI is InChI=1S/C22H29NO/c1-5-12-23-20-18-9-10-21(4)19-7-6-17(24)13-16(19)8-11-22(20,21)15(3)14(18)2/h5-7,13,18,20,23-24H,1,8-12H2,2-4H3/t18-,20-,21+,22+/m1/s1. The zero-order valence-electron chi connectivity index (χ0n) is 15.2. The summed E-state index contributed by atoms with van der Waals surface area (Å²) in [5.41, 5.74) is 6.39. The Kier molecular flexibility index (Phi) is 3.47. The zero-order chi connectivity index (χ0) is 17.1. The Morgan fingerprint density at radius 2 is 2.12 bits per heavy atom. The number of hydrogen-bond donors (Lipinski definition) is 2. The van der Waals surface area contributed by atoms with Gasteiger partial charge in [0.2, 0.25) is 0 Å². The van der Waals surface area contributed by atoms with Crippen molar-refractivity contribution in [3.05, 3.63) is 53.1 Å². The number of aromatic hydroxyl groups is 1. The van der Waals surface area contributed by atoms with Gasteiger partial charge < -0.3 is 10.4 Å². The molecule has 2 nitrogen and oxygen atoms in total. The van der Waals surface area contributed by atoms with Crippen LogP contribution < -0.4 is 5.32 Å². The van der Waals surface area contributed by atoms with Crippen molar-refractivity contribution in [3.63, 3.8) is 0 Å². The Labute approximate surface area is 145 Å². The van der Waals surface area contributed by atoms with Gasteiger partial charge in [0.15, 0.2) is 0 Å². The molecule has 2 heteroatoms. The van der Waals surface area contributed by atoms with E-state index in [1.807, 2.05) is 18.2 Å². The first-order chi connectivity index (χ1) is 11.5. The van der Waals surface area contributed by atoms with E-state index in [-0.39, 0.29) is 10.8 Å². The van der Waals surface area contributed by atoms with Crippen molar-refractivity contribution in [3.8, 4) is 5.75 Å². The van der Waals surface area contributed by atoms with Gasteiger partial charge in [-0.15, -0.1) is 6.58 Å². The predicted molar refractivity (Wildman–Crippen MR) is 99.3 cm³/mol. The Morgan fingerprint density at radius 3 is 2.88 bits per heavy atom. The SMILES string of the molecule is C=CCN[C@@H]1[C@@H]2CC[C@@]3(C)c4ccc(O)cc4CC[C@]13C(C)=C2C. The van der Waals surface area contributed by atoms with Crippen LogP contribution in [0.2, 0.25) is 0 Å². The van der Waals surface area contributed by atoms with Gasteiger partial charge in [-0.2, -0.15) is 0 Å². The van der Waals surface area contributed by atoms with Crippen molar-refractivity contribution >= 4 is 0 Å². The summed E-state index contributed by atoms with van der Waals surface area (Å²) < 4.78 is 0. The molecule has 1 aromatic rings. The first-order valence-electron chi connectivity index (χ1n) is 9.30. The van der Waals surface area contributed by atoms with Crippen LogP contribution in [0.5, 0.6) is 5.75 Å². The summed E-state index contributed by atoms with van der Waals surface area (Å²) in [5, 5.41) is 13.8. The molecule has 1 fully saturated rings. The topological polar surface area (TPSA) is 32.3 Å². The molecule has 24 heavy (non-hydrogen) atoms. The minimum Gasteiger partial charge on any atom is -0.508 e. The lowest BCUT2D eigenvalue weighted by atomic mass is 9.46. The van der Waals surface area contributed by atoms with E-state index in [1.165, 1.54) is 30.4 Å². The highest BCUT2D eigenvalue weighted by atomic mass is 16.3. The van der Waals surface area contributed by atoms with E-state index in [0.29, 0.717) is 17.7 Å². The van der Waals surface area contributed by atoms with Crippen LogP contribution in [0, 0.1) is 11.3 Å². The van der Waals surface area contributed by atoms with Gasteiger partial charge in [-0.1, -0.05) is 30.2 Å². The maximum absolute atomic E-state index is 9.93. The van der Waals surface area contributed by atoms with Crippen LogP contribution in [0.25, 0.3) is 0 Å². The molecule has 4 atom stereocenters. The summed E-state index contributed by atoms with van der Waals surface area (Å²) in [6.07, 6.45) is 6.70. The molecule has 2 bridgehead atoms. The fourth-order valence-corrected chi connectivity index (χ4v) is 6.44. The Balaban J connectivity index is 1.90. The summed E-state index contributed by atoms with van der Waals surface area (Å²) in [5.74, 6) is 1.06. The molecule has 0 unspecified atom stereocenters. The molecule has 1 saturated carbocycles. The molecule has 0 saturated heterocycles. The molecule has 0 aliphatic heterocycles. The van der Waals surface area contributed by atoms with Crippen LogP contribution in [0.4, 0.5) is 0 Å². The van der Waals surface area contributed by atoms with Crippen molar-refractivity contribution in [2.75, 3.05) is 6.54 Å². The normalized spacial score (nSPS) is 37.1. The highest BCUT2D eigenvalue weighted by Gasteiger charge is 2.64. The Hall–Kier alpha value is -1.54. The highest BCUT2D eigenvalue weighted by Crippen LogP contribution is 2.67. The van der Waals surface area contributed by atoms with Crippen molar-refractivity contribution in [2.24, 2.45) is 11.3 Å². The third-order valence-electron chi connectivity index (χ3n) is 7.64. The van der Waals surface area contributed by atoms with Gasteiger partial charge in [0.05, 0.1) is 0 Å². The molecule has 0 amide bonds. The van der Waals surface area contributed by atoms with Crippen molar-refractivity contribution < 1.29 is 5.11 Å². The molecular weight excluding hydrogens is 294 g/mol. The number of hydrogen-bond acceptors (Lipinski definition) is 2.